The van der Waals surface area contributed by atoms with E-state index in [0.29, 0.717) is 0 Å². The summed E-state index contributed by atoms with van der Waals surface area (Å²) in [7, 11) is 0. The summed E-state index contributed by atoms with van der Waals surface area (Å²) in [6.45, 7) is 4.21. The first-order valence-electron chi connectivity index (χ1n) is 4.96. The van der Waals surface area contributed by atoms with Crippen molar-refractivity contribution in [3.05, 3.63) is 65.7 Å². The van der Waals surface area contributed by atoms with Gasteiger partial charge in [0.15, 0.2) is 0 Å². The summed E-state index contributed by atoms with van der Waals surface area (Å²) < 4.78 is 0. The first-order chi connectivity index (χ1) is 7.18. The minimum Gasteiger partial charge on any atom is -0.143 e. The molecule has 0 aliphatic rings. The van der Waals surface area contributed by atoms with Crippen molar-refractivity contribution in [2.24, 2.45) is 0 Å². The molecule has 0 saturated carbocycles. The third kappa shape index (κ3) is 5.28. The van der Waals surface area contributed by atoms with E-state index < -0.39 is 0 Å². The van der Waals surface area contributed by atoms with Crippen molar-refractivity contribution in [3.8, 4) is 0 Å². The van der Waals surface area contributed by atoms with E-state index in [-0.39, 0.29) is 0 Å². The summed E-state index contributed by atoms with van der Waals surface area (Å²) in [4.78, 5) is 1.02. The molecule has 2 aromatic rings. The predicted molar refractivity (Wildman–Crippen MR) is 69.6 cm³/mol. The molecule has 2 aromatic carbocycles. The normalized spacial score (nSPS) is 9.00. The van der Waals surface area contributed by atoms with Crippen LogP contribution in [0.4, 0.5) is 0 Å². The number of hydrogen-bond donors (Lipinski definition) is 1. The molecule has 0 saturated heterocycles. The van der Waals surface area contributed by atoms with Gasteiger partial charge in [0, 0.05) is 4.90 Å². The summed E-state index contributed by atoms with van der Waals surface area (Å²) in [5, 5.41) is 0. The van der Waals surface area contributed by atoms with Crippen molar-refractivity contribution in [1.29, 1.82) is 0 Å². The van der Waals surface area contributed by atoms with Gasteiger partial charge in [-0.3, -0.25) is 0 Å². The van der Waals surface area contributed by atoms with E-state index in [1.54, 1.807) is 0 Å². The Balaban J connectivity index is 0.000000151. The second-order valence-electron chi connectivity index (χ2n) is 3.49. The molecule has 0 amide bonds. The Labute approximate surface area is 97.4 Å². The molecular formula is C14H16S. The highest BCUT2D eigenvalue weighted by Gasteiger charge is 1.80. The maximum atomic E-state index is 4.08. The molecule has 0 aliphatic carbocycles. The lowest BCUT2D eigenvalue weighted by molar-refractivity contribution is 1.39. The number of rotatable bonds is 0. The van der Waals surface area contributed by atoms with Gasteiger partial charge in [0.1, 0.15) is 0 Å². The lowest BCUT2D eigenvalue weighted by Crippen LogP contribution is -1.71. The van der Waals surface area contributed by atoms with Gasteiger partial charge in [-0.2, -0.15) is 0 Å². The second-order valence-corrected chi connectivity index (χ2v) is 4.01. The van der Waals surface area contributed by atoms with Gasteiger partial charge in [-0.1, -0.05) is 53.6 Å². The topological polar surface area (TPSA) is 0 Å². The van der Waals surface area contributed by atoms with Gasteiger partial charge in [0.2, 0.25) is 0 Å². The van der Waals surface area contributed by atoms with Crippen molar-refractivity contribution in [2.45, 2.75) is 18.7 Å². The standard InChI is InChI=1S/C8H10.C6H6S/c1-7-4-3-5-8(2)6-7;7-6-4-2-1-3-5-6/h3-6H,1-2H3;1-5,7H. The number of benzene rings is 2. The molecule has 2 rings (SSSR count). The minimum atomic E-state index is 1.02. The highest BCUT2D eigenvalue weighted by molar-refractivity contribution is 7.80. The highest BCUT2D eigenvalue weighted by Crippen LogP contribution is 2.01. The van der Waals surface area contributed by atoms with Crippen molar-refractivity contribution in [1.82, 2.24) is 0 Å². The Kier molecular flexibility index (Phi) is 4.99. The molecule has 0 nitrogen and oxygen atoms in total. The molecule has 78 valence electrons. The van der Waals surface area contributed by atoms with Gasteiger partial charge in [0.25, 0.3) is 0 Å². The Morgan fingerprint density at radius 3 is 1.53 bits per heavy atom. The van der Waals surface area contributed by atoms with Crippen molar-refractivity contribution < 1.29 is 0 Å². The third-order valence-corrected chi connectivity index (χ3v) is 2.23. The smallest absolute Gasteiger partial charge is 0.00399 e. The summed E-state index contributed by atoms with van der Waals surface area (Å²) in [6, 6.07) is 18.2. The van der Waals surface area contributed by atoms with Crippen LogP contribution in [0.2, 0.25) is 0 Å². The molecule has 0 fully saturated rings. The van der Waals surface area contributed by atoms with E-state index >= 15 is 0 Å². The molecule has 0 aromatic heterocycles. The monoisotopic (exact) mass is 216 g/mol. The zero-order chi connectivity index (χ0) is 11.1. The number of thiol groups is 1. The van der Waals surface area contributed by atoms with Gasteiger partial charge >= 0.3 is 0 Å². The summed E-state index contributed by atoms with van der Waals surface area (Å²) in [5.74, 6) is 0. The molecule has 0 radical (unpaired) electrons. The van der Waals surface area contributed by atoms with Gasteiger partial charge in [0.05, 0.1) is 0 Å². The Hall–Kier alpha value is -1.21. The molecule has 0 bridgehead atoms. The van der Waals surface area contributed by atoms with Gasteiger partial charge < -0.3 is 0 Å². The highest BCUT2D eigenvalue weighted by atomic mass is 32.1. The van der Waals surface area contributed by atoms with E-state index in [4.69, 9.17) is 0 Å². The quantitative estimate of drug-likeness (QED) is 0.624. The maximum absolute atomic E-state index is 4.08. The van der Waals surface area contributed by atoms with Crippen LogP contribution in [0.5, 0.6) is 0 Å². The lowest BCUT2D eigenvalue weighted by atomic mass is 10.2. The number of hydrogen-bond acceptors (Lipinski definition) is 1. The fourth-order valence-corrected chi connectivity index (χ4v) is 1.41. The fourth-order valence-electron chi connectivity index (χ4n) is 1.24. The molecular weight excluding hydrogens is 200 g/mol. The Bertz CT molecular complexity index is 376. The van der Waals surface area contributed by atoms with E-state index in [2.05, 4.69) is 50.7 Å². The van der Waals surface area contributed by atoms with Gasteiger partial charge in [-0.05, 0) is 26.0 Å². The zero-order valence-corrected chi connectivity index (χ0v) is 10.0. The molecule has 0 atom stereocenters. The van der Waals surface area contributed by atoms with E-state index in [1.165, 1.54) is 11.1 Å². The Morgan fingerprint density at radius 2 is 1.27 bits per heavy atom. The predicted octanol–water partition coefficient (Wildman–Crippen LogP) is 4.28. The van der Waals surface area contributed by atoms with E-state index in [9.17, 15) is 0 Å². The molecule has 0 spiro atoms. The zero-order valence-electron chi connectivity index (χ0n) is 9.14. The first kappa shape index (κ1) is 11.9. The minimum absolute atomic E-state index is 1.02. The molecule has 0 N–H and O–H groups in total. The first-order valence-corrected chi connectivity index (χ1v) is 5.40. The van der Waals surface area contributed by atoms with Crippen LogP contribution in [0.1, 0.15) is 11.1 Å². The van der Waals surface area contributed by atoms with Crippen LogP contribution < -0.4 is 0 Å². The molecule has 0 aliphatic heterocycles. The summed E-state index contributed by atoms with van der Waals surface area (Å²) in [6.07, 6.45) is 0. The SMILES string of the molecule is Cc1cccc(C)c1.Sc1ccccc1. The van der Waals surface area contributed by atoms with Crippen molar-refractivity contribution in [2.75, 3.05) is 0 Å². The second kappa shape index (κ2) is 6.31. The van der Waals surface area contributed by atoms with Crippen LogP contribution in [0, 0.1) is 13.8 Å². The summed E-state index contributed by atoms with van der Waals surface area (Å²) in [5.41, 5.74) is 2.68. The average molecular weight is 216 g/mol. The molecule has 1 heteroatoms. The van der Waals surface area contributed by atoms with Crippen LogP contribution in [0.15, 0.2) is 59.5 Å². The van der Waals surface area contributed by atoms with Gasteiger partial charge in [-0.15, -0.1) is 12.6 Å². The third-order valence-electron chi connectivity index (χ3n) is 1.93. The Morgan fingerprint density at radius 1 is 0.733 bits per heavy atom. The molecule has 15 heavy (non-hydrogen) atoms. The van der Waals surface area contributed by atoms with Crippen molar-refractivity contribution in [3.63, 3.8) is 0 Å². The van der Waals surface area contributed by atoms with Crippen LogP contribution in [-0.4, -0.2) is 0 Å². The summed E-state index contributed by atoms with van der Waals surface area (Å²) >= 11 is 4.08. The van der Waals surface area contributed by atoms with Crippen molar-refractivity contribution >= 4 is 12.6 Å². The largest absolute Gasteiger partial charge is 0.143 e. The molecule has 0 unspecified atom stereocenters. The van der Waals surface area contributed by atoms with E-state index in [1.807, 2.05) is 30.3 Å². The van der Waals surface area contributed by atoms with Crippen LogP contribution >= 0.6 is 12.6 Å². The van der Waals surface area contributed by atoms with Gasteiger partial charge in [-0.25, -0.2) is 0 Å². The fraction of sp³-hybridized carbons (Fsp3) is 0.143. The lowest BCUT2D eigenvalue weighted by Gasteiger charge is -1.90. The van der Waals surface area contributed by atoms with Crippen LogP contribution in [-0.2, 0) is 0 Å². The van der Waals surface area contributed by atoms with Crippen LogP contribution in [0.3, 0.4) is 0 Å². The number of aryl methyl sites for hydroxylation is 2. The van der Waals surface area contributed by atoms with Crippen LogP contribution in [0.25, 0.3) is 0 Å². The molecule has 0 heterocycles. The maximum Gasteiger partial charge on any atom is 0.00399 e. The van der Waals surface area contributed by atoms with E-state index in [0.717, 1.165) is 4.90 Å². The average Bonchev–Trinajstić information content (AvgIpc) is 2.19.